The van der Waals surface area contributed by atoms with E-state index < -0.39 is 0 Å². The quantitative estimate of drug-likeness (QED) is 0.838. The molecule has 0 aliphatic carbocycles. The highest BCUT2D eigenvalue weighted by Gasteiger charge is 2.21. The average Bonchev–Trinajstić information content (AvgIpc) is 2.63. The van der Waals surface area contributed by atoms with Gasteiger partial charge < -0.3 is 14.5 Å². The minimum Gasteiger partial charge on any atom is -0.490 e. The van der Waals surface area contributed by atoms with Crippen LogP contribution in [0.15, 0.2) is 47.4 Å². The van der Waals surface area contributed by atoms with E-state index in [2.05, 4.69) is 18.7 Å². The molecule has 5 nitrogen and oxygen atoms in total. The SMILES string of the molecule is COn1cc(-c2ccc(OC3CCN(C(C)C)CC3)cc2)ccc1=O. The van der Waals surface area contributed by atoms with Crippen LogP contribution in [-0.2, 0) is 0 Å². The Bertz CT molecular complexity index is 744. The van der Waals surface area contributed by atoms with Gasteiger partial charge in [0, 0.05) is 30.8 Å². The molecule has 0 amide bonds. The van der Waals surface area contributed by atoms with E-state index in [0.29, 0.717) is 6.04 Å². The number of nitrogens with zero attached hydrogens (tertiary/aromatic N) is 2. The maximum absolute atomic E-state index is 11.6. The van der Waals surface area contributed by atoms with Crippen LogP contribution < -0.4 is 15.1 Å². The lowest BCUT2D eigenvalue weighted by Crippen LogP contribution is -2.41. The maximum Gasteiger partial charge on any atom is 0.282 e. The van der Waals surface area contributed by atoms with Crippen molar-refractivity contribution in [3.05, 3.63) is 52.9 Å². The lowest BCUT2D eigenvalue weighted by molar-refractivity contribution is 0.0843. The summed E-state index contributed by atoms with van der Waals surface area (Å²) in [5, 5.41) is 0. The van der Waals surface area contributed by atoms with Crippen molar-refractivity contribution in [3.63, 3.8) is 0 Å². The second-order valence-electron chi connectivity index (χ2n) is 6.74. The fourth-order valence-electron chi connectivity index (χ4n) is 3.21. The first-order valence-electron chi connectivity index (χ1n) is 8.85. The number of piperidine rings is 1. The van der Waals surface area contributed by atoms with E-state index >= 15 is 0 Å². The van der Waals surface area contributed by atoms with E-state index in [9.17, 15) is 4.79 Å². The minimum absolute atomic E-state index is 0.182. The Hall–Kier alpha value is -2.27. The largest absolute Gasteiger partial charge is 0.490 e. The van der Waals surface area contributed by atoms with Crippen LogP contribution in [0.25, 0.3) is 11.1 Å². The second kappa shape index (κ2) is 7.74. The van der Waals surface area contributed by atoms with Gasteiger partial charge in [0.05, 0.1) is 6.20 Å². The monoisotopic (exact) mass is 342 g/mol. The number of aromatic nitrogens is 1. The summed E-state index contributed by atoms with van der Waals surface area (Å²) in [6.45, 7) is 6.68. The molecule has 1 saturated heterocycles. The molecule has 0 spiro atoms. The number of hydrogen-bond acceptors (Lipinski definition) is 4. The van der Waals surface area contributed by atoms with Crippen LogP contribution in [0.2, 0.25) is 0 Å². The van der Waals surface area contributed by atoms with E-state index in [1.807, 2.05) is 24.3 Å². The Morgan fingerprint density at radius 1 is 1.00 bits per heavy atom. The molecule has 5 heteroatoms. The van der Waals surface area contributed by atoms with E-state index in [4.69, 9.17) is 9.57 Å². The first-order valence-corrected chi connectivity index (χ1v) is 8.85. The molecule has 3 rings (SSSR count). The molecule has 1 aromatic carbocycles. The molecule has 0 bridgehead atoms. The van der Waals surface area contributed by atoms with Gasteiger partial charge >= 0.3 is 0 Å². The minimum atomic E-state index is -0.182. The Labute approximate surface area is 148 Å². The first-order chi connectivity index (χ1) is 12.1. The van der Waals surface area contributed by atoms with Crippen molar-refractivity contribution >= 4 is 0 Å². The zero-order chi connectivity index (χ0) is 17.8. The average molecular weight is 342 g/mol. The molecular weight excluding hydrogens is 316 g/mol. The molecule has 2 heterocycles. The number of rotatable bonds is 5. The Morgan fingerprint density at radius 3 is 2.24 bits per heavy atom. The highest BCUT2D eigenvalue weighted by molar-refractivity contribution is 5.63. The fraction of sp³-hybridized carbons (Fsp3) is 0.450. The molecule has 1 aliphatic heterocycles. The second-order valence-corrected chi connectivity index (χ2v) is 6.74. The van der Waals surface area contributed by atoms with Gasteiger partial charge in [-0.3, -0.25) is 4.79 Å². The molecule has 2 aromatic rings. The molecular formula is C20H26N2O3. The molecule has 1 aliphatic rings. The third-order valence-electron chi connectivity index (χ3n) is 4.77. The Morgan fingerprint density at radius 2 is 1.64 bits per heavy atom. The number of benzene rings is 1. The van der Waals surface area contributed by atoms with Gasteiger partial charge in [-0.1, -0.05) is 12.1 Å². The van der Waals surface area contributed by atoms with E-state index in [1.165, 1.54) is 17.9 Å². The summed E-state index contributed by atoms with van der Waals surface area (Å²) in [4.78, 5) is 19.1. The van der Waals surface area contributed by atoms with E-state index in [-0.39, 0.29) is 11.7 Å². The zero-order valence-corrected chi connectivity index (χ0v) is 15.1. The van der Waals surface area contributed by atoms with Gasteiger partial charge in [0.15, 0.2) is 0 Å². The van der Waals surface area contributed by atoms with Crippen molar-refractivity contribution in [1.29, 1.82) is 0 Å². The van der Waals surface area contributed by atoms with Crippen LogP contribution in [0.5, 0.6) is 5.75 Å². The molecule has 0 radical (unpaired) electrons. The summed E-state index contributed by atoms with van der Waals surface area (Å²) >= 11 is 0. The van der Waals surface area contributed by atoms with Crippen molar-refractivity contribution in [2.45, 2.75) is 38.8 Å². The summed E-state index contributed by atoms with van der Waals surface area (Å²) in [7, 11) is 1.48. The summed E-state index contributed by atoms with van der Waals surface area (Å²) in [6.07, 6.45) is 4.12. The third-order valence-corrected chi connectivity index (χ3v) is 4.77. The van der Waals surface area contributed by atoms with Gasteiger partial charge in [-0.2, -0.15) is 4.73 Å². The smallest absolute Gasteiger partial charge is 0.282 e. The predicted molar refractivity (Wildman–Crippen MR) is 99.0 cm³/mol. The molecule has 25 heavy (non-hydrogen) atoms. The normalized spacial score (nSPS) is 16.2. The van der Waals surface area contributed by atoms with Crippen molar-refractivity contribution in [1.82, 2.24) is 9.63 Å². The predicted octanol–water partition coefficient (Wildman–Crippen LogP) is 2.83. The fourth-order valence-corrected chi connectivity index (χ4v) is 3.21. The lowest BCUT2D eigenvalue weighted by atomic mass is 10.1. The van der Waals surface area contributed by atoms with Crippen LogP contribution in [-0.4, -0.2) is 42.0 Å². The zero-order valence-electron chi connectivity index (χ0n) is 15.1. The van der Waals surface area contributed by atoms with E-state index in [1.54, 1.807) is 12.3 Å². The van der Waals surface area contributed by atoms with Crippen LogP contribution in [0.1, 0.15) is 26.7 Å². The van der Waals surface area contributed by atoms with Crippen molar-refractivity contribution in [2.24, 2.45) is 0 Å². The Balaban J connectivity index is 1.64. The molecule has 1 aromatic heterocycles. The highest BCUT2D eigenvalue weighted by Crippen LogP contribution is 2.24. The lowest BCUT2D eigenvalue weighted by Gasteiger charge is -2.34. The van der Waals surface area contributed by atoms with Gasteiger partial charge in [-0.15, -0.1) is 0 Å². The van der Waals surface area contributed by atoms with Crippen molar-refractivity contribution in [3.8, 4) is 16.9 Å². The summed E-state index contributed by atoms with van der Waals surface area (Å²) in [5.41, 5.74) is 1.77. The van der Waals surface area contributed by atoms with Gasteiger partial charge in [0.1, 0.15) is 19.0 Å². The van der Waals surface area contributed by atoms with E-state index in [0.717, 1.165) is 42.8 Å². The molecule has 0 N–H and O–H groups in total. The van der Waals surface area contributed by atoms with Gasteiger partial charge in [-0.25, -0.2) is 0 Å². The van der Waals surface area contributed by atoms with Crippen molar-refractivity contribution < 1.29 is 9.57 Å². The topological polar surface area (TPSA) is 43.7 Å². The van der Waals surface area contributed by atoms with Crippen LogP contribution >= 0.6 is 0 Å². The highest BCUT2D eigenvalue weighted by atomic mass is 16.6. The van der Waals surface area contributed by atoms with Gasteiger partial charge in [0.25, 0.3) is 5.56 Å². The summed E-state index contributed by atoms with van der Waals surface area (Å²) in [6, 6.07) is 11.9. The van der Waals surface area contributed by atoms with Gasteiger partial charge in [0.2, 0.25) is 0 Å². The van der Waals surface area contributed by atoms with Crippen LogP contribution in [0.4, 0.5) is 0 Å². The number of pyridine rings is 1. The first kappa shape index (κ1) is 17.5. The summed E-state index contributed by atoms with van der Waals surface area (Å²) < 4.78 is 7.36. The molecule has 0 unspecified atom stereocenters. The standard InChI is InChI=1S/C20H26N2O3/c1-15(2)21-12-10-19(11-13-21)25-18-7-4-16(5-8-18)17-6-9-20(23)22(14-17)24-3/h4-9,14-15,19H,10-13H2,1-3H3. The number of likely N-dealkylation sites (tertiary alicyclic amines) is 1. The van der Waals surface area contributed by atoms with Crippen molar-refractivity contribution in [2.75, 3.05) is 20.2 Å². The number of hydrogen-bond donors (Lipinski definition) is 0. The molecule has 134 valence electrons. The molecule has 0 atom stereocenters. The maximum atomic E-state index is 11.6. The molecule has 1 fully saturated rings. The van der Waals surface area contributed by atoms with Crippen LogP contribution in [0.3, 0.4) is 0 Å². The van der Waals surface area contributed by atoms with Gasteiger partial charge in [-0.05, 0) is 50.5 Å². The van der Waals surface area contributed by atoms with Crippen LogP contribution in [0, 0.1) is 0 Å². The number of ether oxygens (including phenoxy) is 1. The molecule has 0 saturated carbocycles. The summed E-state index contributed by atoms with van der Waals surface area (Å²) in [5.74, 6) is 0.895. The third kappa shape index (κ3) is 4.23. The Kier molecular flexibility index (Phi) is 5.43.